The molecule has 27 heavy (non-hydrogen) atoms. The number of pyridine rings is 2. The number of amides is 1. The fourth-order valence-corrected chi connectivity index (χ4v) is 2.51. The van der Waals surface area contributed by atoms with Crippen molar-refractivity contribution in [1.29, 1.82) is 0 Å². The van der Waals surface area contributed by atoms with Crippen LogP contribution in [-0.2, 0) is 17.4 Å². The van der Waals surface area contributed by atoms with Gasteiger partial charge >= 0.3 is 6.18 Å². The third-order valence-electron chi connectivity index (χ3n) is 3.98. The maximum absolute atomic E-state index is 12.5. The van der Waals surface area contributed by atoms with Crippen molar-refractivity contribution >= 4 is 11.7 Å². The Morgan fingerprint density at radius 1 is 1.19 bits per heavy atom. The van der Waals surface area contributed by atoms with Crippen molar-refractivity contribution in [2.45, 2.75) is 25.9 Å². The predicted octanol–water partition coefficient (Wildman–Crippen LogP) is 3.77. The summed E-state index contributed by atoms with van der Waals surface area (Å²) < 4.78 is 37.5. The summed E-state index contributed by atoms with van der Waals surface area (Å²) in [5.41, 5.74) is 1.96. The summed E-state index contributed by atoms with van der Waals surface area (Å²) in [6.45, 7) is 1.83. The van der Waals surface area contributed by atoms with E-state index in [0.29, 0.717) is 17.1 Å². The largest absolute Gasteiger partial charge is 0.433 e. The average Bonchev–Trinajstić information content (AvgIpc) is 3.01. The summed E-state index contributed by atoms with van der Waals surface area (Å²) in [6, 6.07) is 5.86. The average molecular weight is 375 g/mol. The molecule has 0 saturated heterocycles. The Balaban J connectivity index is 1.59. The molecule has 0 unspecified atom stereocenters. The van der Waals surface area contributed by atoms with E-state index in [9.17, 15) is 18.0 Å². The second kappa shape index (κ2) is 7.56. The molecule has 9 heteroatoms. The van der Waals surface area contributed by atoms with Gasteiger partial charge in [0.25, 0.3) is 0 Å². The first-order valence-corrected chi connectivity index (χ1v) is 8.12. The molecule has 0 radical (unpaired) electrons. The standard InChI is InChI=1S/C18H16F3N5O/c1-11-16(13-6-8-22-9-7-13)25-26-17(11)24-15(27)5-3-12-2-4-14(23-10-12)18(19,20)21/h2,4,6-10H,3,5H2,1H3,(H2,24,25,26,27). The lowest BCUT2D eigenvalue weighted by atomic mass is 10.1. The van der Waals surface area contributed by atoms with Gasteiger partial charge in [-0.1, -0.05) is 6.07 Å². The van der Waals surface area contributed by atoms with Crippen molar-refractivity contribution in [1.82, 2.24) is 20.2 Å². The van der Waals surface area contributed by atoms with Crippen LogP contribution in [0.4, 0.5) is 19.0 Å². The van der Waals surface area contributed by atoms with Crippen LogP contribution in [0.3, 0.4) is 0 Å². The number of aromatic amines is 1. The first-order chi connectivity index (χ1) is 12.8. The van der Waals surface area contributed by atoms with Crippen molar-refractivity contribution in [3.8, 4) is 11.3 Å². The van der Waals surface area contributed by atoms with Gasteiger partial charge in [-0.2, -0.15) is 18.3 Å². The van der Waals surface area contributed by atoms with Gasteiger partial charge in [0.15, 0.2) is 0 Å². The van der Waals surface area contributed by atoms with Crippen LogP contribution < -0.4 is 5.32 Å². The number of hydrogen-bond acceptors (Lipinski definition) is 4. The van der Waals surface area contributed by atoms with E-state index in [1.165, 1.54) is 6.07 Å². The Bertz CT molecular complexity index is 920. The number of nitrogens with one attached hydrogen (secondary N) is 2. The quantitative estimate of drug-likeness (QED) is 0.711. The normalized spacial score (nSPS) is 11.4. The van der Waals surface area contributed by atoms with Crippen LogP contribution in [0, 0.1) is 6.92 Å². The highest BCUT2D eigenvalue weighted by atomic mass is 19.4. The Morgan fingerprint density at radius 3 is 2.56 bits per heavy atom. The number of aromatic nitrogens is 4. The van der Waals surface area contributed by atoms with E-state index >= 15 is 0 Å². The summed E-state index contributed by atoms with van der Waals surface area (Å²) in [5.74, 6) is 0.209. The van der Waals surface area contributed by atoms with Gasteiger partial charge in [-0.05, 0) is 37.1 Å². The Labute approximate surface area is 152 Å². The molecule has 0 fully saturated rings. The molecule has 0 atom stereocenters. The second-order valence-corrected chi connectivity index (χ2v) is 5.91. The first-order valence-electron chi connectivity index (χ1n) is 8.12. The Hall–Kier alpha value is -3.23. The molecular weight excluding hydrogens is 359 g/mol. The van der Waals surface area contributed by atoms with Crippen LogP contribution in [0.1, 0.15) is 23.2 Å². The summed E-state index contributed by atoms with van der Waals surface area (Å²) in [5, 5.41) is 9.73. The van der Waals surface area contributed by atoms with Gasteiger partial charge in [-0.25, -0.2) is 0 Å². The highest BCUT2D eigenvalue weighted by Crippen LogP contribution is 2.27. The Morgan fingerprint density at radius 2 is 1.93 bits per heavy atom. The molecule has 6 nitrogen and oxygen atoms in total. The van der Waals surface area contributed by atoms with Gasteiger partial charge in [0, 0.05) is 36.1 Å². The molecule has 0 aliphatic rings. The number of H-pyrrole nitrogens is 1. The maximum atomic E-state index is 12.5. The maximum Gasteiger partial charge on any atom is 0.433 e. The number of carbonyl (C=O) groups is 1. The molecule has 140 valence electrons. The van der Waals surface area contributed by atoms with E-state index in [-0.39, 0.29) is 18.7 Å². The molecule has 0 aliphatic heterocycles. The molecule has 3 rings (SSSR count). The zero-order valence-corrected chi connectivity index (χ0v) is 14.3. The number of aryl methyl sites for hydroxylation is 1. The minimum atomic E-state index is -4.47. The van der Waals surface area contributed by atoms with E-state index in [1.807, 2.05) is 19.1 Å². The van der Waals surface area contributed by atoms with E-state index in [4.69, 9.17) is 0 Å². The fraction of sp³-hybridized carbons (Fsp3) is 0.222. The summed E-state index contributed by atoms with van der Waals surface area (Å²) in [4.78, 5) is 19.5. The van der Waals surface area contributed by atoms with Crippen LogP contribution >= 0.6 is 0 Å². The number of nitrogens with zero attached hydrogens (tertiary/aromatic N) is 3. The molecule has 3 aromatic heterocycles. The predicted molar refractivity (Wildman–Crippen MR) is 92.7 cm³/mol. The minimum Gasteiger partial charge on any atom is -0.311 e. The molecule has 0 saturated carbocycles. The second-order valence-electron chi connectivity index (χ2n) is 5.91. The molecule has 1 amide bonds. The van der Waals surface area contributed by atoms with Crippen LogP contribution in [0.25, 0.3) is 11.3 Å². The zero-order valence-electron chi connectivity index (χ0n) is 14.3. The van der Waals surface area contributed by atoms with E-state index in [2.05, 4.69) is 25.5 Å². The highest BCUT2D eigenvalue weighted by molar-refractivity contribution is 5.91. The molecule has 3 aromatic rings. The number of carbonyl (C=O) groups excluding carboxylic acids is 1. The SMILES string of the molecule is Cc1c(-c2ccncc2)n[nH]c1NC(=O)CCc1ccc(C(F)(F)F)nc1. The molecule has 0 aliphatic carbocycles. The van der Waals surface area contributed by atoms with E-state index in [0.717, 1.165) is 23.4 Å². The van der Waals surface area contributed by atoms with Gasteiger partial charge < -0.3 is 5.32 Å². The highest BCUT2D eigenvalue weighted by Gasteiger charge is 2.31. The van der Waals surface area contributed by atoms with Crippen LogP contribution in [-0.4, -0.2) is 26.1 Å². The molecule has 0 aromatic carbocycles. The molecular formula is C18H16F3N5O. The number of alkyl halides is 3. The number of hydrogen-bond donors (Lipinski definition) is 2. The van der Waals surface area contributed by atoms with E-state index < -0.39 is 11.9 Å². The van der Waals surface area contributed by atoms with Gasteiger partial charge in [0.05, 0.1) is 5.69 Å². The topological polar surface area (TPSA) is 83.6 Å². The van der Waals surface area contributed by atoms with Gasteiger partial charge in [-0.3, -0.25) is 19.9 Å². The lowest BCUT2D eigenvalue weighted by Crippen LogP contribution is -2.13. The Kier molecular flexibility index (Phi) is 5.20. The van der Waals surface area contributed by atoms with Gasteiger partial charge in [0.2, 0.25) is 5.91 Å². The van der Waals surface area contributed by atoms with Crippen LogP contribution in [0.2, 0.25) is 0 Å². The summed E-state index contributed by atoms with van der Waals surface area (Å²) >= 11 is 0. The number of rotatable bonds is 5. The monoisotopic (exact) mass is 375 g/mol. The third kappa shape index (κ3) is 4.49. The van der Waals surface area contributed by atoms with Crippen molar-refractivity contribution < 1.29 is 18.0 Å². The molecule has 3 heterocycles. The van der Waals surface area contributed by atoms with Gasteiger partial charge in [-0.15, -0.1) is 0 Å². The minimum absolute atomic E-state index is 0.107. The molecule has 2 N–H and O–H groups in total. The van der Waals surface area contributed by atoms with Crippen LogP contribution in [0.5, 0.6) is 0 Å². The van der Waals surface area contributed by atoms with Crippen molar-refractivity contribution in [2.75, 3.05) is 5.32 Å². The fourth-order valence-electron chi connectivity index (χ4n) is 2.51. The van der Waals surface area contributed by atoms with E-state index in [1.54, 1.807) is 12.4 Å². The smallest absolute Gasteiger partial charge is 0.311 e. The third-order valence-corrected chi connectivity index (χ3v) is 3.98. The zero-order chi connectivity index (χ0) is 19.4. The molecule has 0 spiro atoms. The van der Waals surface area contributed by atoms with Crippen molar-refractivity contribution in [3.05, 3.63) is 59.7 Å². The molecule has 0 bridgehead atoms. The van der Waals surface area contributed by atoms with Gasteiger partial charge in [0.1, 0.15) is 11.5 Å². The first kappa shape index (κ1) is 18.6. The number of anilines is 1. The summed E-state index contributed by atoms with van der Waals surface area (Å²) in [6.07, 6.45) is 0.358. The van der Waals surface area contributed by atoms with Crippen molar-refractivity contribution in [3.63, 3.8) is 0 Å². The van der Waals surface area contributed by atoms with Crippen molar-refractivity contribution in [2.24, 2.45) is 0 Å². The lowest BCUT2D eigenvalue weighted by Gasteiger charge is -2.07. The summed E-state index contributed by atoms with van der Waals surface area (Å²) in [7, 11) is 0. The lowest BCUT2D eigenvalue weighted by molar-refractivity contribution is -0.141. The van der Waals surface area contributed by atoms with Crippen LogP contribution in [0.15, 0.2) is 42.9 Å². The number of halogens is 3.